The van der Waals surface area contributed by atoms with Crippen LogP contribution in [-0.2, 0) is 0 Å². The molecule has 2 rings (SSSR count). The predicted molar refractivity (Wildman–Crippen MR) is 61.6 cm³/mol. The van der Waals surface area contributed by atoms with Crippen LogP contribution in [-0.4, -0.2) is 9.97 Å². The Labute approximate surface area is 97.3 Å². The van der Waals surface area contributed by atoms with E-state index in [1.807, 2.05) is 6.07 Å². The van der Waals surface area contributed by atoms with Crippen LogP contribution >= 0.6 is 11.6 Å². The Balaban J connectivity index is 2.64. The first-order chi connectivity index (χ1) is 7.72. The van der Waals surface area contributed by atoms with Crippen molar-refractivity contribution in [2.45, 2.75) is 0 Å². The summed E-state index contributed by atoms with van der Waals surface area (Å²) in [5, 5.41) is 9.48. The zero-order valence-corrected chi connectivity index (χ0v) is 8.94. The van der Waals surface area contributed by atoms with E-state index in [1.54, 1.807) is 18.2 Å². The summed E-state index contributed by atoms with van der Waals surface area (Å²) in [5.74, 6) is 0. The summed E-state index contributed by atoms with van der Waals surface area (Å²) in [5.41, 5.74) is 7.90. The van der Waals surface area contributed by atoms with Crippen molar-refractivity contribution < 1.29 is 0 Å². The first-order valence-electron chi connectivity index (χ1n) is 4.48. The zero-order valence-electron chi connectivity index (χ0n) is 8.18. The van der Waals surface area contributed by atoms with Gasteiger partial charge in [0.1, 0.15) is 12.4 Å². The summed E-state index contributed by atoms with van der Waals surface area (Å²) in [6, 6.07) is 7.09. The van der Waals surface area contributed by atoms with Crippen molar-refractivity contribution in [1.29, 1.82) is 5.26 Å². The summed E-state index contributed by atoms with van der Waals surface area (Å²) < 4.78 is 0. The Morgan fingerprint density at radius 2 is 2.19 bits per heavy atom. The van der Waals surface area contributed by atoms with Crippen LogP contribution in [0.4, 0.5) is 5.69 Å². The number of anilines is 1. The topological polar surface area (TPSA) is 75.6 Å². The molecule has 1 heterocycles. The van der Waals surface area contributed by atoms with E-state index in [2.05, 4.69) is 9.97 Å². The average Bonchev–Trinajstić information content (AvgIpc) is 2.29. The summed E-state index contributed by atoms with van der Waals surface area (Å²) in [6.45, 7) is 0. The summed E-state index contributed by atoms with van der Waals surface area (Å²) in [6.07, 6.45) is 2.83. The van der Waals surface area contributed by atoms with Gasteiger partial charge in [-0.3, -0.25) is 0 Å². The number of benzene rings is 1. The first kappa shape index (κ1) is 10.4. The molecule has 0 spiro atoms. The van der Waals surface area contributed by atoms with E-state index in [0.717, 1.165) is 0 Å². The fraction of sp³-hybridized carbons (Fsp3) is 0. The van der Waals surface area contributed by atoms with Gasteiger partial charge in [-0.2, -0.15) is 5.26 Å². The van der Waals surface area contributed by atoms with Gasteiger partial charge in [-0.1, -0.05) is 11.6 Å². The van der Waals surface area contributed by atoms with Crippen LogP contribution in [0.5, 0.6) is 0 Å². The molecule has 0 atom stereocenters. The molecule has 0 saturated carbocycles. The molecule has 16 heavy (non-hydrogen) atoms. The van der Waals surface area contributed by atoms with Crippen LogP contribution in [0, 0.1) is 11.3 Å². The van der Waals surface area contributed by atoms with Crippen LogP contribution in [0.25, 0.3) is 11.3 Å². The molecule has 5 heteroatoms. The number of nitriles is 1. The first-order valence-corrected chi connectivity index (χ1v) is 4.85. The SMILES string of the molecule is N#Cc1cncnc1-c1ccc(Cl)cc1N. The van der Waals surface area contributed by atoms with E-state index in [-0.39, 0.29) is 0 Å². The molecule has 0 amide bonds. The van der Waals surface area contributed by atoms with Crippen molar-refractivity contribution in [1.82, 2.24) is 9.97 Å². The second-order valence-corrected chi connectivity index (χ2v) is 3.56. The number of halogens is 1. The summed E-state index contributed by atoms with van der Waals surface area (Å²) in [7, 11) is 0. The van der Waals surface area contributed by atoms with Gasteiger partial charge in [0.2, 0.25) is 0 Å². The lowest BCUT2D eigenvalue weighted by atomic mass is 10.1. The largest absolute Gasteiger partial charge is 0.398 e. The number of aromatic nitrogens is 2. The predicted octanol–water partition coefficient (Wildman–Crippen LogP) is 2.25. The van der Waals surface area contributed by atoms with Gasteiger partial charge in [-0.15, -0.1) is 0 Å². The molecule has 0 saturated heterocycles. The highest BCUT2D eigenvalue weighted by Gasteiger charge is 2.09. The minimum absolute atomic E-state index is 0.386. The lowest BCUT2D eigenvalue weighted by molar-refractivity contribution is 1.16. The van der Waals surface area contributed by atoms with Gasteiger partial charge in [-0.25, -0.2) is 9.97 Å². The molecule has 2 aromatic rings. The van der Waals surface area contributed by atoms with Gasteiger partial charge in [0, 0.05) is 22.5 Å². The third-order valence-corrected chi connectivity index (χ3v) is 2.34. The molecule has 0 radical (unpaired) electrons. The fourth-order valence-corrected chi connectivity index (χ4v) is 1.56. The van der Waals surface area contributed by atoms with Crippen LogP contribution in [0.3, 0.4) is 0 Å². The van der Waals surface area contributed by atoms with E-state index >= 15 is 0 Å². The Kier molecular flexibility index (Phi) is 2.71. The Bertz CT molecular complexity index is 574. The normalized spacial score (nSPS) is 9.75. The second-order valence-electron chi connectivity index (χ2n) is 3.13. The number of nitrogen functional groups attached to an aromatic ring is 1. The van der Waals surface area contributed by atoms with E-state index in [9.17, 15) is 0 Å². The van der Waals surface area contributed by atoms with Crippen LogP contribution in [0.1, 0.15) is 5.56 Å². The maximum atomic E-state index is 8.93. The van der Waals surface area contributed by atoms with Gasteiger partial charge in [0.15, 0.2) is 0 Å². The van der Waals surface area contributed by atoms with Crippen molar-refractivity contribution in [3.8, 4) is 17.3 Å². The van der Waals surface area contributed by atoms with Crippen molar-refractivity contribution >= 4 is 17.3 Å². The van der Waals surface area contributed by atoms with E-state index in [0.29, 0.717) is 27.5 Å². The van der Waals surface area contributed by atoms with Gasteiger partial charge < -0.3 is 5.73 Å². The van der Waals surface area contributed by atoms with Crippen molar-refractivity contribution in [3.63, 3.8) is 0 Å². The number of nitrogens with two attached hydrogens (primary N) is 1. The minimum atomic E-state index is 0.386. The molecule has 1 aromatic carbocycles. The van der Waals surface area contributed by atoms with Crippen molar-refractivity contribution in [2.75, 3.05) is 5.73 Å². The van der Waals surface area contributed by atoms with Crippen LogP contribution in [0.15, 0.2) is 30.7 Å². The molecule has 0 aliphatic rings. The van der Waals surface area contributed by atoms with Crippen LogP contribution < -0.4 is 5.73 Å². The molecule has 0 bridgehead atoms. The second kappa shape index (κ2) is 4.17. The van der Waals surface area contributed by atoms with Crippen LogP contribution in [0.2, 0.25) is 5.02 Å². The lowest BCUT2D eigenvalue weighted by Gasteiger charge is -2.06. The minimum Gasteiger partial charge on any atom is -0.398 e. The molecular formula is C11H7ClN4. The third-order valence-electron chi connectivity index (χ3n) is 2.10. The smallest absolute Gasteiger partial charge is 0.116 e. The monoisotopic (exact) mass is 230 g/mol. The summed E-state index contributed by atoms with van der Waals surface area (Å²) >= 11 is 5.80. The molecule has 0 fully saturated rings. The lowest BCUT2D eigenvalue weighted by Crippen LogP contribution is -1.95. The highest BCUT2D eigenvalue weighted by Crippen LogP contribution is 2.28. The standard InChI is InChI=1S/C11H7ClN4/c12-8-1-2-9(10(14)3-8)11-7(4-13)5-15-6-16-11/h1-3,5-6H,14H2. The molecule has 0 unspecified atom stereocenters. The molecule has 0 aliphatic carbocycles. The Hall–Kier alpha value is -2.12. The highest BCUT2D eigenvalue weighted by atomic mass is 35.5. The van der Waals surface area contributed by atoms with Gasteiger partial charge in [0.05, 0.1) is 11.3 Å². The van der Waals surface area contributed by atoms with E-state index in [1.165, 1.54) is 12.5 Å². The number of rotatable bonds is 1. The maximum absolute atomic E-state index is 8.93. The van der Waals surface area contributed by atoms with Gasteiger partial charge in [-0.05, 0) is 18.2 Å². The highest BCUT2D eigenvalue weighted by molar-refractivity contribution is 6.31. The average molecular weight is 231 g/mol. The zero-order chi connectivity index (χ0) is 11.5. The Morgan fingerprint density at radius 3 is 2.88 bits per heavy atom. The van der Waals surface area contributed by atoms with Gasteiger partial charge >= 0.3 is 0 Å². The molecule has 2 N–H and O–H groups in total. The number of hydrogen-bond acceptors (Lipinski definition) is 4. The molecule has 4 nitrogen and oxygen atoms in total. The molecule has 0 aliphatic heterocycles. The maximum Gasteiger partial charge on any atom is 0.116 e. The molecular weight excluding hydrogens is 224 g/mol. The van der Waals surface area contributed by atoms with E-state index in [4.69, 9.17) is 22.6 Å². The number of hydrogen-bond donors (Lipinski definition) is 1. The molecule has 1 aromatic heterocycles. The third kappa shape index (κ3) is 1.81. The van der Waals surface area contributed by atoms with Gasteiger partial charge in [0.25, 0.3) is 0 Å². The quantitative estimate of drug-likeness (QED) is 0.763. The van der Waals surface area contributed by atoms with E-state index < -0.39 is 0 Å². The molecule has 78 valence electrons. The Morgan fingerprint density at radius 1 is 1.38 bits per heavy atom. The fourth-order valence-electron chi connectivity index (χ4n) is 1.38. The van der Waals surface area contributed by atoms with Crippen molar-refractivity contribution in [3.05, 3.63) is 41.3 Å². The number of nitrogens with zero attached hydrogens (tertiary/aromatic N) is 3. The summed E-state index contributed by atoms with van der Waals surface area (Å²) in [4.78, 5) is 7.84. The van der Waals surface area contributed by atoms with Crippen molar-refractivity contribution in [2.24, 2.45) is 0 Å².